The van der Waals surface area contributed by atoms with E-state index in [0.717, 1.165) is 0 Å². The van der Waals surface area contributed by atoms with Crippen molar-refractivity contribution in [1.29, 1.82) is 0 Å². The van der Waals surface area contributed by atoms with Gasteiger partial charge in [-0.3, -0.25) is 0 Å². The van der Waals surface area contributed by atoms with Crippen LogP contribution in [-0.4, -0.2) is 9.97 Å². The van der Waals surface area contributed by atoms with Crippen LogP contribution in [0.4, 0.5) is 4.39 Å². The third-order valence-electron chi connectivity index (χ3n) is 2.93. The molecular weight excluding hydrogens is 288 g/mol. The van der Waals surface area contributed by atoms with E-state index in [4.69, 9.17) is 28.9 Å². The van der Waals surface area contributed by atoms with Gasteiger partial charge in [-0.2, -0.15) is 0 Å². The molecule has 0 amide bonds. The molecule has 2 aromatic rings. The third kappa shape index (κ3) is 2.91. The molecule has 2 rings (SSSR count). The molecule has 0 radical (unpaired) electrons. The highest BCUT2D eigenvalue weighted by atomic mass is 35.5. The lowest BCUT2D eigenvalue weighted by molar-refractivity contribution is 0.494. The Morgan fingerprint density at radius 1 is 1.26 bits per heavy atom. The Morgan fingerprint density at radius 2 is 1.95 bits per heavy atom. The Labute approximate surface area is 120 Å². The van der Waals surface area contributed by atoms with E-state index < -0.39 is 5.82 Å². The Bertz CT molecular complexity index is 596. The molecule has 0 fully saturated rings. The number of aromatic nitrogens is 2. The number of benzene rings is 1. The van der Waals surface area contributed by atoms with Crippen LogP contribution in [0.25, 0.3) is 11.3 Å². The van der Waals surface area contributed by atoms with Crippen molar-refractivity contribution in [1.82, 2.24) is 9.97 Å². The summed E-state index contributed by atoms with van der Waals surface area (Å²) in [6.07, 6.45) is 1.59. The Kier molecular flexibility index (Phi) is 4.13. The van der Waals surface area contributed by atoms with Crippen LogP contribution >= 0.6 is 23.2 Å². The van der Waals surface area contributed by atoms with Gasteiger partial charge in [-0.05, 0) is 18.1 Å². The maximum Gasteiger partial charge on any atom is 0.142 e. The molecule has 0 saturated carbocycles. The zero-order chi connectivity index (χ0) is 14.2. The van der Waals surface area contributed by atoms with Gasteiger partial charge in [0.2, 0.25) is 0 Å². The van der Waals surface area contributed by atoms with Crippen molar-refractivity contribution in [3.63, 3.8) is 0 Å². The number of aromatic amines is 1. The first kappa shape index (κ1) is 14.3. The molecule has 1 aromatic heterocycles. The fourth-order valence-electron chi connectivity index (χ4n) is 1.69. The number of rotatable bonds is 3. The minimum Gasteiger partial charge on any atom is -0.341 e. The molecule has 1 unspecified atom stereocenters. The first-order valence-electron chi connectivity index (χ1n) is 5.85. The molecule has 0 aliphatic carbocycles. The standard InChI is InChI=1S/C13H14Cl2FN3/c1-6(2)12(17)13-18-5-11(19-13)7-3-10(16)9(15)4-8(7)14/h3-6,12H,17H2,1-2H3,(H,18,19). The summed E-state index contributed by atoms with van der Waals surface area (Å²) in [7, 11) is 0. The number of nitrogens with one attached hydrogen (secondary N) is 1. The molecule has 1 heterocycles. The molecule has 3 nitrogen and oxygen atoms in total. The highest BCUT2D eigenvalue weighted by Crippen LogP contribution is 2.32. The molecule has 0 spiro atoms. The molecule has 1 atom stereocenters. The monoisotopic (exact) mass is 301 g/mol. The van der Waals surface area contributed by atoms with Crippen molar-refractivity contribution in [2.75, 3.05) is 0 Å². The zero-order valence-electron chi connectivity index (χ0n) is 10.5. The van der Waals surface area contributed by atoms with Crippen LogP contribution in [0.2, 0.25) is 10.0 Å². The highest BCUT2D eigenvalue weighted by molar-refractivity contribution is 6.36. The van der Waals surface area contributed by atoms with Crippen molar-refractivity contribution < 1.29 is 4.39 Å². The van der Waals surface area contributed by atoms with Crippen LogP contribution in [0.5, 0.6) is 0 Å². The third-order valence-corrected chi connectivity index (χ3v) is 3.53. The number of nitrogens with two attached hydrogens (primary N) is 1. The van der Waals surface area contributed by atoms with Gasteiger partial charge in [0.05, 0.1) is 28.0 Å². The Hall–Kier alpha value is -1.10. The Balaban J connectivity index is 2.41. The van der Waals surface area contributed by atoms with Crippen LogP contribution in [0.15, 0.2) is 18.3 Å². The predicted molar refractivity (Wildman–Crippen MR) is 75.8 cm³/mol. The number of H-pyrrole nitrogens is 1. The second-order valence-corrected chi connectivity index (χ2v) is 5.51. The molecular formula is C13H14Cl2FN3. The summed E-state index contributed by atoms with van der Waals surface area (Å²) in [5.41, 5.74) is 7.13. The van der Waals surface area contributed by atoms with Gasteiger partial charge in [-0.15, -0.1) is 0 Å². The maximum absolute atomic E-state index is 13.5. The van der Waals surface area contributed by atoms with Crippen LogP contribution < -0.4 is 5.73 Å². The van der Waals surface area contributed by atoms with Crippen LogP contribution in [0.3, 0.4) is 0 Å². The van der Waals surface area contributed by atoms with Gasteiger partial charge in [0.25, 0.3) is 0 Å². The number of hydrogen-bond acceptors (Lipinski definition) is 2. The van der Waals surface area contributed by atoms with E-state index in [0.29, 0.717) is 22.1 Å². The van der Waals surface area contributed by atoms with Crippen molar-refractivity contribution >= 4 is 23.2 Å². The van der Waals surface area contributed by atoms with Gasteiger partial charge in [-0.1, -0.05) is 37.0 Å². The van der Waals surface area contributed by atoms with E-state index in [2.05, 4.69) is 9.97 Å². The van der Waals surface area contributed by atoms with E-state index in [1.165, 1.54) is 12.1 Å². The topological polar surface area (TPSA) is 54.7 Å². The van der Waals surface area contributed by atoms with Gasteiger partial charge in [0.15, 0.2) is 0 Å². The first-order valence-corrected chi connectivity index (χ1v) is 6.61. The highest BCUT2D eigenvalue weighted by Gasteiger charge is 2.16. The minimum atomic E-state index is -0.523. The van der Waals surface area contributed by atoms with E-state index >= 15 is 0 Å². The van der Waals surface area contributed by atoms with Crippen LogP contribution in [-0.2, 0) is 0 Å². The van der Waals surface area contributed by atoms with Crippen LogP contribution in [0, 0.1) is 11.7 Å². The van der Waals surface area contributed by atoms with Gasteiger partial charge in [-0.25, -0.2) is 9.37 Å². The number of hydrogen-bond donors (Lipinski definition) is 2. The molecule has 0 saturated heterocycles. The summed E-state index contributed by atoms with van der Waals surface area (Å²) in [6, 6.07) is 2.45. The molecule has 6 heteroatoms. The lowest BCUT2D eigenvalue weighted by atomic mass is 10.1. The first-order chi connectivity index (χ1) is 8.90. The predicted octanol–water partition coefficient (Wildman–Crippen LogP) is 4.18. The number of imidazole rings is 1. The van der Waals surface area contributed by atoms with Crippen molar-refractivity contribution in [2.45, 2.75) is 19.9 Å². The number of halogens is 3. The smallest absolute Gasteiger partial charge is 0.142 e. The molecule has 0 aliphatic rings. The van der Waals surface area contributed by atoms with E-state index in [1.54, 1.807) is 6.20 Å². The summed E-state index contributed by atoms with van der Waals surface area (Å²) >= 11 is 11.7. The van der Waals surface area contributed by atoms with E-state index in [1.807, 2.05) is 13.8 Å². The average molecular weight is 302 g/mol. The maximum atomic E-state index is 13.5. The molecule has 1 aromatic carbocycles. The lowest BCUT2D eigenvalue weighted by Crippen LogP contribution is -2.18. The van der Waals surface area contributed by atoms with Crippen molar-refractivity contribution in [3.05, 3.63) is 40.0 Å². The lowest BCUT2D eigenvalue weighted by Gasteiger charge is -2.12. The van der Waals surface area contributed by atoms with Crippen molar-refractivity contribution in [2.24, 2.45) is 11.7 Å². The fraction of sp³-hybridized carbons (Fsp3) is 0.308. The summed E-state index contributed by atoms with van der Waals surface area (Å²) in [5, 5.41) is 0.354. The number of nitrogens with zero attached hydrogens (tertiary/aromatic N) is 1. The summed E-state index contributed by atoms with van der Waals surface area (Å²) < 4.78 is 13.5. The summed E-state index contributed by atoms with van der Waals surface area (Å²) in [4.78, 5) is 7.28. The van der Waals surface area contributed by atoms with Gasteiger partial charge in [0.1, 0.15) is 11.6 Å². The van der Waals surface area contributed by atoms with E-state index in [-0.39, 0.29) is 17.0 Å². The molecule has 0 bridgehead atoms. The zero-order valence-corrected chi connectivity index (χ0v) is 12.1. The van der Waals surface area contributed by atoms with E-state index in [9.17, 15) is 4.39 Å². The van der Waals surface area contributed by atoms with Gasteiger partial charge in [0, 0.05) is 5.56 Å². The van der Waals surface area contributed by atoms with Crippen LogP contribution in [0.1, 0.15) is 25.7 Å². The molecule has 0 aliphatic heterocycles. The van der Waals surface area contributed by atoms with Gasteiger partial charge < -0.3 is 10.7 Å². The molecule has 19 heavy (non-hydrogen) atoms. The second kappa shape index (κ2) is 5.49. The molecule has 102 valence electrons. The summed E-state index contributed by atoms with van der Waals surface area (Å²) in [6.45, 7) is 4.00. The average Bonchev–Trinajstić information content (AvgIpc) is 2.81. The minimum absolute atomic E-state index is 0.00706. The van der Waals surface area contributed by atoms with Crippen molar-refractivity contribution in [3.8, 4) is 11.3 Å². The quantitative estimate of drug-likeness (QED) is 0.836. The molecule has 3 N–H and O–H groups in total. The SMILES string of the molecule is CC(C)C(N)c1ncc(-c2cc(F)c(Cl)cc2Cl)[nH]1. The van der Waals surface area contributed by atoms with Gasteiger partial charge >= 0.3 is 0 Å². The normalized spacial score (nSPS) is 13.0. The Morgan fingerprint density at radius 3 is 2.58 bits per heavy atom. The largest absolute Gasteiger partial charge is 0.341 e. The summed E-state index contributed by atoms with van der Waals surface area (Å²) in [5.74, 6) is 0.373. The second-order valence-electron chi connectivity index (χ2n) is 4.70. The fourth-order valence-corrected chi connectivity index (χ4v) is 2.17.